The number of phenolic OH excluding ortho intramolecular Hbond substituents is 1. The van der Waals surface area contributed by atoms with Gasteiger partial charge in [-0.05, 0) is 62.3 Å². The van der Waals surface area contributed by atoms with Crippen LogP contribution in [0.2, 0.25) is 0 Å². The summed E-state index contributed by atoms with van der Waals surface area (Å²) in [6, 6.07) is -2.23. The number of rotatable bonds is 10. The molecule has 16 nitrogen and oxygen atoms in total. The second kappa shape index (κ2) is 23.6. The van der Waals surface area contributed by atoms with Gasteiger partial charge >= 0.3 is 5.97 Å². The number of hydrazine groups is 1. The van der Waals surface area contributed by atoms with E-state index in [1.165, 1.54) is 52.3 Å². The highest BCUT2D eigenvalue weighted by Crippen LogP contribution is 2.25. The van der Waals surface area contributed by atoms with Crippen molar-refractivity contribution < 1.29 is 62.4 Å². The van der Waals surface area contributed by atoms with E-state index >= 15 is 0 Å². The lowest BCUT2D eigenvalue weighted by Gasteiger charge is -2.36. The molecule has 2 aliphatic heterocycles. The summed E-state index contributed by atoms with van der Waals surface area (Å²) in [6.45, 7) is 7.82. The molecule has 3 rings (SSSR count). The van der Waals surface area contributed by atoms with E-state index in [0.717, 1.165) is 22.2 Å². The van der Waals surface area contributed by atoms with Crippen LogP contribution in [0.15, 0.2) is 60.2 Å². The minimum Gasteiger partial charge on any atom is -0.505 e. The maximum absolute atomic E-state index is 14.5. The van der Waals surface area contributed by atoms with Crippen molar-refractivity contribution in [3.8, 4) is 5.75 Å². The first-order valence-electron chi connectivity index (χ1n) is 20.2. The number of nitrogens with zero attached hydrogens (tertiary/aromatic N) is 2. The van der Waals surface area contributed by atoms with Crippen LogP contribution in [0, 0.1) is 29.4 Å². The first-order valence-corrected chi connectivity index (χ1v) is 20.2. The molecule has 0 radical (unpaired) electrons. The van der Waals surface area contributed by atoms with Gasteiger partial charge in [-0.3, -0.25) is 33.8 Å². The molecular formula is C43H59F2N5O11. The predicted octanol–water partition coefficient (Wildman–Crippen LogP) is 2.63. The minimum absolute atomic E-state index is 0.0635. The fourth-order valence-electron chi connectivity index (χ4n) is 6.69. The summed E-state index contributed by atoms with van der Waals surface area (Å²) in [5.74, 6) is -10.6. The molecule has 18 heteroatoms. The number of esters is 1. The number of amides is 4. The number of cyclic esters (lactones) is 1. The Kier molecular flexibility index (Phi) is 19.4. The van der Waals surface area contributed by atoms with Gasteiger partial charge in [-0.25, -0.2) is 14.9 Å². The zero-order valence-corrected chi connectivity index (χ0v) is 35.6. The maximum Gasteiger partial charge on any atom is 0.325 e. The van der Waals surface area contributed by atoms with Crippen molar-refractivity contribution in [2.75, 3.05) is 20.7 Å². The third kappa shape index (κ3) is 14.7. The van der Waals surface area contributed by atoms with Crippen LogP contribution in [-0.2, 0) is 44.8 Å². The molecule has 2 bridgehead atoms. The van der Waals surface area contributed by atoms with Crippen LogP contribution >= 0.6 is 0 Å². The predicted molar refractivity (Wildman–Crippen MR) is 218 cm³/mol. The smallest absolute Gasteiger partial charge is 0.325 e. The molecule has 1 fully saturated rings. The van der Waals surface area contributed by atoms with E-state index in [-0.39, 0.29) is 43.6 Å². The number of hydrogen-bond donors (Lipinski definition) is 6. The van der Waals surface area contributed by atoms with Gasteiger partial charge in [0, 0.05) is 44.8 Å². The SMILES string of the molecule is CON(C)C(=O)C=CC=C(C)[C@@H]1CC=CC=C[C@H](O)[C@H](C)[C@@H](O)[C@@H](CCC(C)=O)C(=O)N[C@@H](C(C)C)C(=O)N[C@@H](Cc2cc(O)c(F)c(F)c2)C(=O)N2CCCC(N2)C(=O)O1. The summed E-state index contributed by atoms with van der Waals surface area (Å²) in [4.78, 5) is 85.1. The number of aliphatic hydroxyl groups excluding tert-OH is 2. The summed E-state index contributed by atoms with van der Waals surface area (Å²) in [5, 5.41) is 39.9. The molecule has 1 unspecified atom stereocenters. The third-order valence-electron chi connectivity index (χ3n) is 10.6. The number of ether oxygens (including phenoxy) is 1. The fourth-order valence-corrected chi connectivity index (χ4v) is 6.69. The van der Waals surface area contributed by atoms with Crippen LogP contribution in [0.3, 0.4) is 0 Å². The Hall–Kier alpha value is -5.30. The lowest BCUT2D eigenvalue weighted by molar-refractivity contribution is -0.162. The number of allylic oxidation sites excluding steroid dienone is 4. The molecule has 6 N–H and O–H groups in total. The Morgan fingerprint density at radius 1 is 1.08 bits per heavy atom. The largest absolute Gasteiger partial charge is 0.505 e. The van der Waals surface area contributed by atoms with Crippen LogP contribution in [0.4, 0.5) is 8.78 Å². The Morgan fingerprint density at radius 3 is 2.43 bits per heavy atom. The number of nitrogens with one attached hydrogen (secondary N) is 3. The number of Topliss-reactive ketones (excluding diaryl/α,β-unsaturated/α-hetero) is 1. The van der Waals surface area contributed by atoms with Gasteiger partial charge in [-0.15, -0.1) is 0 Å². The maximum atomic E-state index is 14.5. The van der Waals surface area contributed by atoms with Crippen molar-refractivity contribution in [2.45, 2.75) is 110 Å². The highest BCUT2D eigenvalue weighted by Gasteiger charge is 2.39. The Morgan fingerprint density at radius 2 is 1.79 bits per heavy atom. The average molecular weight is 860 g/mol. The van der Waals surface area contributed by atoms with E-state index in [4.69, 9.17) is 9.57 Å². The molecule has 2 heterocycles. The standard InChI is InChI=1S/C43H59F2N5O11/c1-24(2)38-41(57)46-32(22-28-21-30(44)37(45)34(53)23-28)42(58)50-20-12-14-31(48-50)43(59)61-35(25(3)13-11-17-36(54)49(6)60-7)16-10-8-9-15-33(52)27(5)39(55)29(40(56)47-38)19-18-26(4)51/h8-11,13,15,17,21,23-24,27,29,31-33,35,38-39,48,52-53,55H,12,14,16,18-20,22H2,1-7H3,(H,46,57)(H,47,56)/t27-,29+,31?,32-,33-,35-,38-,39+/m0/s1. The van der Waals surface area contributed by atoms with Crippen molar-refractivity contribution >= 4 is 35.4 Å². The zero-order chi connectivity index (χ0) is 45.6. The molecule has 1 aromatic carbocycles. The molecule has 0 aromatic heterocycles. The van der Waals surface area contributed by atoms with E-state index in [1.54, 1.807) is 39.0 Å². The summed E-state index contributed by atoms with van der Waals surface area (Å²) in [6.07, 6.45) is 6.83. The van der Waals surface area contributed by atoms with Crippen LogP contribution in [-0.4, -0.2) is 118 Å². The zero-order valence-electron chi connectivity index (χ0n) is 35.6. The topological polar surface area (TPSA) is 224 Å². The molecule has 336 valence electrons. The summed E-state index contributed by atoms with van der Waals surface area (Å²) in [5.41, 5.74) is 3.34. The quantitative estimate of drug-likeness (QED) is 0.0865. The van der Waals surface area contributed by atoms with Gasteiger partial charge in [-0.2, -0.15) is 4.39 Å². The number of hydroxylamine groups is 2. The number of aromatic hydroxyl groups is 1. The summed E-state index contributed by atoms with van der Waals surface area (Å²) >= 11 is 0. The molecule has 0 saturated carbocycles. The number of likely N-dealkylation sites (N-methyl/N-ethyl adjacent to an activating group) is 1. The number of ketones is 1. The van der Waals surface area contributed by atoms with Crippen molar-refractivity contribution in [1.29, 1.82) is 0 Å². The van der Waals surface area contributed by atoms with E-state index in [0.29, 0.717) is 12.0 Å². The summed E-state index contributed by atoms with van der Waals surface area (Å²) < 4.78 is 34.5. The van der Waals surface area contributed by atoms with Gasteiger partial charge in [0.25, 0.3) is 11.8 Å². The fraction of sp³-hybridized carbons (Fsp3) is 0.535. The van der Waals surface area contributed by atoms with Gasteiger partial charge in [0.2, 0.25) is 11.8 Å². The molecule has 8 atom stereocenters. The number of benzene rings is 1. The first kappa shape index (κ1) is 50.1. The highest BCUT2D eigenvalue weighted by molar-refractivity contribution is 5.93. The molecule has 1 aromatic rings. The van der Waals surface area contributed by atoms with Crippen molar-refractivity contribution in [1.82, 2.24) is 26.1 Å². The molecule has 0 spiro atoms. The summed E-state index contributed by atoms with van der Waals surface area (Å²) in [7, 11) is 2.76. The molecule has 4 amide bonds. The van der Waals surface area contributed by atoms with Crippen molar-refractivity contribution in [3.05, 3.63) is 77.4 Å². The van der Waals surface area contributed by atoms with E-state index in [1.807, 2.05) is 0 Å². The Labute approximate surface area is 354 Å². The van der Waals surface area contributed by atoms with Crippen LogP contribution in [0.5, 0.6) is 5.75 Å². The van der Waals surface area contributed by atoms with E-state index < -0.39 is 108 Å². The molecule has 61 heavy (non-hydrogen) atoms. The normalized spacial score (nSPS) is 26.6. The lowest BCUT2D eigenvalue weighted by atomic mass is 9.84. The van der Waals surface area contributed by atoms with Gasteiger partial charge in [-0.1, -0.05) is 57.2 Å². The van der Waals surface area contributed by atoms with Gasteiger partial charge in [0.1, 0.15) is 30.0 Å². The second-order valence-electron chi connectivity index (χ2n) is 15.7. The number of fused-ring (bicyclic) bond motifs is 2. The van der Waals surface area contributed by atoms with Gasteiger partial charge in [0.15, 0.2) is 17.4 Å². The van der Waals surface area contributed by atoms with Crippen LogP contribution < -0.4 is 16.1 Å². The van der Waals surface area contributed by atoms with E-state index in [2.05, 4.69) is 16.1 Å². The molecule has 0 aliphatic carbocycles. The minimum atomic E-state index is -1.52. The number of halogens is 2. The van der Waals surface area contributed by atoms with Crippen LogP contribution in [0.1, 0.15) is 72.3 Å². The Bertz CT molecular complexity index is 1850. The molecule has 2 aliphatic rings. The van der Waals surface area contributed by atoms with E-state index in [9.17, 15) is 52.9 Å². The monoisotopic (exact) mass is 859 g/mol. The number of aliphatic hydroxyl groups is 2. The number of hydrogen-bond acceptors (Lipinski definition) is 12. The number of carbonyl (C=O) groups is 6. The van der Waals surface area contributed by atoms with Gasteiger partial charge in [0.05, 0.1) is 25.2 Å². The average Bonchev–Trinajstić information content (AvgIpc) is 3.21. The molecular weight excluding hydrogens is 800 g/mol. The third-order valence-corrected chi connectivity index (χ3v) is 10.6. The first-order chi connectivity index (χ1) is 28.7. The lowest BCUT2D eigenvalue weighted by Crippen LogP contribution is -2.62. The van der Waals surface area contributed by atoms with Gasteiger partial charge < -0.3 is 35.5 Å². The van der Waals surface area contributed by atoms with Crippen molar-refractivity contribution in [3.63, 3.8) is 0 Å². The van der Waals surface area contributed by atoms with Crippen LogP contribution in [0.25, 0.3) is 0 Å². The number of phenols is 1. The molecule has 1 saturated heterocycles. The number of carbonyl (C=O) groups excluding carboxylic acids is 6. The highest BCUT2D eigenvalue weighted by atomic mass is 19.2. The van der Waals surface area contributed by atoms with Crippen molar-refractivity contribution in [2.24, 2.45) is 17.8 Å². The Balaban J connectivity index is 2.11. The second-order valence-corrected chi connectivity index (χ2v) is 15.7.